The molecule has 7 fully saturated rings. The molecule has 1 aromatic carbocycles. The number of benzene rings is 1. The molecule has 9 rings (SSSR count). The molecule has 53 heavy (non-hydrogen) atoms. The third-order valence-electron chi connectivity index (χ3n) is 16.3. The number of aliphatic hydroxyl groups excluding tert-OH is 1. The first-order valence-electron chi connectivity index (χ1n) is 20.1. The number of piperidine rings is 1. The Labute approximate surface area is 310 Å². The van der Waals surface area contributed by atoms with E-state index in [2.05, 4.69) is 14.0 Å². The molecule has 4 aliphatic carbocycles. The molecule has 4 aliphatic heterocycles. The number of aliphatic hydroxyl groups is 2. The Morgan fingerprint density at radius 1 is 0.962 bits per heavy atom. The van der Waals surface area contributed by atoms with E-state index in [0.717, 1.165) is 43.2 Å². The lowest BCUT2D eigenvalue weighted by Crippen LogP contribution is -2.64. The Hall–Kier alpha value is -3.12. The number of rotatable bonds is 9. The summed E-state index contributed by atoms with van der Waals surface area (Å²) in [7, 11) is 2.10. The number of quaternary nitrogens is 1. The van der Waals surface area contributed by atoms with Gasteiger partial charge in [-0.2, -0.15) is 0 Å². The monoisotopic (exact) mass is 732 g/mol. The highest BCUT2D eigenvalue weighted by atomic mass is 16.6. The van der Waals surface area contributed by atoms with Crippen LogP contribution in [0, 0.1) is 34.5 Å². The van der Waals surface area contributed by atoms with Crippen LogP contribution in [0.4, 0.5) is 0 Å². The largest absolute Gasteiger partial charge is 0.461 e. The highest BCUT2D eigenvalue weighted by molar-refractivity contribution is 5.85. The van der Waals surface area contributed by atoms with Crippen molar-refractivity contribution in [3.63, 3.8) is 0 Å². The van der Waals surface area contributed by atoms with Gasteiger partial charge in [-0.25, -0.2) is 9.59 Å². The standard InChI is InChI=1S/C42H54NO10/c1-40-13-11-31-32(42(40,49)15-12-30(40)25-16-35(46)50-22-25)9-8-26-17-27(10-14-41(26,31)23-45)51-36(47)20-43(2)33-18-28(19-34(43)38-37(33)53-38)52-39(48)29(21-44)24-6-4-3-5-7-24/h3-7,16,23,26-34,37-38,44,49H,8-15,17-22H2,1-2H3/q+1/t26-,27-,28?,29+,30-,31+,32-,33-,34-,37-,38+,40+,41+,42-,43?/m0/s1. The van der Waals surface area contributed by atoms with Gasteiger partial charge in [0, 0.05) is 29.7 Å². The summed E-state index contributed by atoms with van der Waals surface area (Å²) in [6.45, 7) is 2.41. The zero-order valence-electron chi connectivity index (χ0n) is 30.9. The van der Waals surface area contributed by atoms with Gasteiger partial charge in [-0.1, -0.05) is 37.3 Å². The summed E-state index contributed by atoms with van der Waals surface area (Å²) in [5.74, 6) is -1.36. The second kappa shape index (κ2) is 12.7. The molecule has 0 radical (unpaired) electrons. The van der Waals surface area contributed by atoms with E-state index in [1.54, 1.807) is 6.08 Å². The number of likely N-dealkylation sites (N-methyl/N-ethyl adjacent to an activating group) is 1. The first kappa shape index (κ1) is 35.6. The summed E-state index contributed by atoms with van der Waals surface area (Å²) in [5.41, 5.74) is -0.0540. The van der Waals surface area contributed by atoms with Gasteiger partial charge in [-0.15, -0.1) is 0 Å². The van der Waals surface area contributed by atoms with Crippen LogP contribution in [0.5, 0.6) is 0 Å². The second-order valence-electron chi connectivity index (χ2n) is 18.3. The molecule has 4 saturated carbocycles. The number of fused-ring (bicyclic) bond motifs is 10. The van der Waals surface area contributed by atoms with Crippen molar-refractivity contribution in [1.29, 1.82) is 0 Å². The molecule has 3 saturated heterocycles. The summed E-state index contributed by atoms with van der Waals surface area (Å²) in [6.07, 6.45) is 10.3. The average molecular weight is 733 g/mol. The maximum atomic E-state index is 13.7. The highest BCUT2D eigenvalue weighted by Gasteiger charge is 2.73. The number of ether oxygens (including phenoxy) is 4. The Bertz CT molecular complexity index is 1680. The van der Waals surface area contributed by atoms with Gasteiger partial charge in [0.2, 0.25) is 0 Å². The summed E-state index contributed by atoms with van der Waals surface area (Å²) in [6, 6.07) is 9.21. The molecule has 2 unspecified atom stereocenters. The van der Waals surface area contributed by atoms with Crippen LogP contribution in [-0.2, 0) is 38.1 Å². The number of hydrogen-bond acceptors (Lipinski definition) is 10. The number of hydrogen-bond donors (Lipinski definition) is 2. The van der Waals surface area contributed by atoms with E-state index >= 15 is 0 Å². The van der Waals surface area contributed by atoms with Crippen molar-refractivity contribution in [3.8, 4) is 0 Å². The van der Waals surface area contributed by atoms with E-state index in [9.17, 15) is 29.4 Å². The summed E-state index contributed by atoms with van der Waals surface area (Å²) in [4.78, 5) is 52.0. The van der Waals surface area contributed by atoms with Crippen molar-refractivity contribution in [1.82, 2.24) is 0 Å². The summed E-state index contributed by atoms with van der Waals surface area (Å²) in [5, 5.41) is 22.5. The van der Waals surface area contributed by atoms with Crippen LogP contribution in [0.2, 0.25) is 0 Å². The highest BCUT2D eigenvalue weighted by Crippen LogP contribution is 2.69. The number of carbonyl (C=O) groups is 4. The quantitative estimate of drug-likeness (QED) is 0.126. The van der Waals surface area contributed by atoms with Crippen molar-refractivity contribution in [3.05, 3.63) is 47.5 Å². The van der Waals surface area contributed by atoms with E-state index in [1.807, 2.05) is 30.3 Å². The minimum absolute atomic E-state index is 0.00805. The number of nitrogens with zero attached hydrogens (tertiary/aromatic N) is 1. The maximum Gasteiger partial charge on any atom is 0.362 e. The van der Waals surface area contributed by atoms with E-state index in [4.69, 9.17) is 18.9 Å². The fourth-order valence-electron chi connectivity index (χ4n) is 13.5. The molecular formula is C42H54NO10+. The first-order valence-corrected chi connectivity index (χ1v) is 20.1. The van der Waals surface area contributed by atoms with Crippen LogP contribution in [0.25, 0.3) is 0 Å². The SMILES string of the molecule is C[C@]12CC[C@@H]3[C@H](CC[C@H]4C[C@@H](OC(=O)C[N+]5(C)[C@H]6CC(OC(=O)[C@H](CO)c7ccccc7)C[C@H]5[C@H]5O[C@H]56)CC[C@@]43C=O)[C@@]1(O)CC[C@H]2C1=CC(=O)OC1. The van der Waals surface area contributed by atoms with Gasteiger partial charge in [0.05, 0.1) is 19.3 Å². The van der Waals surface area contributed by atoms with Crippen LogP contribution in [0.3, 0.4) is 0 Å². The Morgan fingerprint density at radius 2 is 1.72 bits per heavy atom. The fourth-order valence-corrected chi connectivity index (χ4v) is 13.5. The average Bonchev–Trinajstić information content (AvgIpc) is 3.69. The van der Waals surface area contributed by atoms with Gasteiger partial charge in [0.25, 0.3) is 0 Å². The second-order valence-corrected chi connectivity index (χ2v) is 18.3. The molecule has 8 aliphatic rings. The molecule has 0 spiro atoms. The zero-order valence-corrected chi connectivity index (χ0v) is 30.9. The van der Waals surface area contributed by atoms with Crippen molar-refractivity contribution >= 4 is 24.2 Å². The number of morpholine rings is 1. The third kappa shape index (κ3) is 5.34. The van der Waals surface area contributed by atoms with Gasteiger partial charge >= 0.3 is 17.9 Å². The molecule has 11 heteroatoms. The normalized spacial score (nSPS) is 46.8. The minimum atomic E-state index is -0.895. The zero-order chi connectivity index (χ0) is 36.9. The van der Waals surface area contributed by atoms with Crippen molar-refractivity contribution in [2.24, 2.45) is 34.5 Å². The summed E-state index contributed by atoms with van der Waals surface area (Å²) >= 11 is 0. The minimum Gasteiger partial charge on any atom is -0.461 e. The lowest BCUT2D eigenvalue weighted by atomic mass is 9.43. The van der Waals surface area contributed by atoms with Gasteiger partial charge in [0.1, 0.15) is 55.3 Å². The van der Waals surface area contributed by atoms with Crippen LogP contribution in [0.1, 0.15) is 89.0 Å². The lowest BCUT2D eigenvalue weighted by Gasteiger charge is -2.63. The molecule has 11 nitrogen and oxygen atoms in total. The van der Waals surface area contributed by atoms with Gasteiger partial charge < -0.3 is 38.4 Å². The predicted octanol–water partition coefficient (Wildman–Crippen LogP) is 3.78. The molecule has 286 valence electrons. The molecule has 2 bridgehead atoms. The Balaban J connectivity index is 0.830. The van der Waals surface area contributed by atoms with Crippen molar-refractivity contribution in [2.75, 3.05) is 26.8 Å². The van der Waals surface area contributed by atoms with Gasteiger partial charge in [-0.3, -0.25) is 4.79 Å². The molecule has 1 aromatic rings. The van der Waals surface area contributed by atoms with E-state index in [1.165, 1.54) is 6.29 Å². The predicted molar refractivity (Wildman–Crippen MR) is 189 cm³/mol. The van der Waals surface area contributed by atoms with E-state index in [0.29, 0.717) is 49.6 Å². The summed E-state index contributed by atoms with van der Waals surface area (Å²) < 4.78 is 24.1. The molecule has 4 heterocycles. The Morgan fingerprint density at radius 3 is 2.40 bits per heavy atom. The number of epoxide rings is 1. The molecular weight excluding hydrogens is 678 g/mol. The molecule has 0 amide bonds. The van der Waals surface area contributed by atoms with Crippen molar-refractivity contribution < 1.29 is 52.8 Å². The van der Waals surface area contributed by atoms with Crippen LogP contribution in [-0.4, -0.2) is 108 Å². The smallest absolute Gasteiger partial charge is 0.362 e. The number of esters is 3. The number of aldehydes is 1. The topological polar surface area (TPSA) is 149 Å². The number of carbonyl (C=O) groups excluding carboxylic acids is 4. The van der Waals surface area contributed by atoms with E-state index < -0.39 is 22.9 Å². The fraction of sp³-hybridized carbons (Fsp3) is 0.714. The Kier molecular flexibility index (Phi) is 8.53. The first-order chi connectivity index (χ1) is 25.4. The third-order valence-corrected chi connectivity index (χ3v) is 16.3. The van der Waals surface area contributed by atoms with Gasteiger partial charge in [-0.05, 0) is 92.6 Å². The lowest BCUT2D eigenvalue weighted by molar-refractivity contribution is -0.949. The van der Waals surface area contributed by atoms with Crippen molar-refractivity contribution in [2.45, 2.75) is 126 Å². The maximum absolute atomic E-state index is 13.7. The van der Waals surface area contributed by atoms with Gasteiger partial charge in [0.15, 0.2) is 6.54 Å². The van der Waals surface area contributed by atoms with Crippen LogP contribution in [0.15, 0.2) is 42.0 Å². The molecule has 15 atom stereocenters. The van der Waals surface area contributed by atoms with E-state index in [-0.39, 0.29) is 90.7 Å². The van der Waals surface area contributed by atoms with Crippen LogP contribution < -0.4 is 0 Å². The van der Waals surface area contributed by atoms with Crippen LogP contribution >= 0.6 is 0 Å². The number of cyclic esters (lactones) is 1. The molecule has 0 aromatic heterocycles. The molecule has 2 N–H and O–H groups in total.